The molecule has 1 heterocycles. The van der Waals surface area contributed by atoms with Gasteiger partial charge in [-0.1, -0.05) is 6.08 Å². The van der Waals surface area contributed by atoms with Crippen LogP contribution in [0.25, 0.3) is 0 Å². The van der Waals surface area contributed by atoms with Crippen molar-refractivity contribution in [1.29, 1.82) is 0 Å². The molecule has 3 nitrogen and oxygen atoms in total. The molecule has 1 rings (SSSR count). The monoisotopic (exact) mass is 185 g/mol. The minimum absolute atomic E-state index is 0.390. The molecule has 1 N–H and O–H groups in total. The molecule has 0 bridgehead atoms. The fourth-order valence-electron chi connectivity index (χ4n) is 1.40. The highest BCUT2D eigenvalue weighted by molar-refractivity contribution is 4.68. The van der Waals surface area contributed by atoms with Crippen LogP contribution in [0.4, 0.5) is 0 Å². The highest BCUT2D eigenvalue weighted by atomic mass is 16.5. The zero-order valence-electron chi connectivity index (χ0n) is 8.13. The lowest BCUT2D eigenvalue weighted by Crippen LogP contribution is -2.35. The molecule has 1 aliphatic rings. The van der Waals surface area contributed by atoms with Gasteiger partial charge in [0, 0.05) is 6.54 Å². The number of hydrogen-bond donors (Lipinski definition) is 1. The van der Waals surface area contributed by atoms with Crippen LogP contribution >= 0.6 is 0 Å². The molecule has 1 fully saturated rings. The molecule has 0 amide bonds. The molecule has 0 spiro atoms. The van der Waals surface area contributed by atoms with Crippen molar-refractivity contribution in [2.75, 3.05) is 32.9 Å². The van der Waals surface area contributed by atoms with E-state index in [2.05, 4.69) is 11.9 Å². The van der Waals surface area contributed by atoms with Gasteiger partial charge in [-0.05, 0) is 19.4 Å². The van der Waals surface area contributed by atoms with E-state index in [1.807, 2.05) is 0 Å². The van der Waals surface area contributed by atoms with Gasteiger partial charge < -0.3 is 14.8 Å². The van der Waals surface area contributed by atoms with Gasteiger partial charge >= 0.3 is 0 Å². The molecule has 1 saturated heterocycles. The predicted molar refractivity (Wildman–Crippen MR) is 52.9 cm³/mol. The van der Waals surface area contributed by atoms with E-state index in [-0.39, 0.29) is 0 Å². The van der Waals surface area contributed by atoms with E-state index in [1.165, 1.54) is 12.8 Å². The Balaban J connectivity index is 1.89. The Bertz CT molecular complexity index is 133. The summed E-state index contributed by atoms with van der Waals surface area (Å²) >= 11 is 0. The lowest BCUT2D eigenvalue weighted by atomic mass is 10.1. The topological polar surface area (TPSA) is 30.5 Å². The molecule has 0 aromatic carbocycles. The molecule has 13 heavy (non-hydrogen) atoms. The summed E-state index contributed by atoms with van der Waals surface area (Å²) in [5.41, 5.74) is 0. The van der Waals surface area contributed by atoms with Crippen LogP contribution in [0.1, 0.15) is 12.8 Å². The molecule has 0 saturated carbocycles. The summed E-state index contributed by atoms with van der Waals surface area (Å²) in [6, 6.07) is 0. The zero-order valence-corrected chi connectivity index (χ0v) is 8.13. The number of piperidine rings is 1. The minimum atomic E-state index is 0.390. The van der Waals surface area contributed by atoms with Gasteiger partial charge in [-0.3, -0.25) is 0 Å². The van der Waals surface area contributed by atoms with Gasteiger partial charge in [0.2, 0.25) is 0 Å². The molecule has 0 radical (unpaired) electrons. The van der Waals surface area contributed by atoms with Gasteiger partial charge in [0.1, 0.15) is 0 Å². The van der Waals surface area contributed by atoms with Crippen LogP contribution in [0, 0.1) is 0 Å². The normalized spacial score (nSPS) is 22.9. The SMILES string of the molecule is C=CCOCCO[C@H]1CCCNC1. The summed E-state index contributed by atoms with van der Waals surface area (Å²) in [6.45, 7) is 7.67. The van der Waals surface area contributed by atoms with Crippen molar-refractivity contribution in [3.63, 3.8) is 0 Å². The first-order valence-corrected chi connectivity index (χ1v) is 4.94. The summed E-state index contributed by atoms with van der Waals surface area (Å²) in [7, 11) is 0. The Morgan fingerprint density at radius 3 is 3.08 bits per heavy atom. The fourth-order valence-corrected chi connectivity index (χ4v) is 1.40. The van der Waals surface area contributed by atoms with Crippen molar-refractivity contribution in [3.8, 4) is 0 Å². The summed E-state index contributed by atoms with van der Waals surface area (Å²) in [5.74, 6) is 0. The predicted octanol–water partition coefficient (Wildman–Crippen LogP) is 0.958. The highest BCUT2D eigenvalue weighted by Gasteiger charge is 2.12. The molecule has 1 aliphatic heterocycles. The van der Waals surface area contributed by atoms with E-state index < -0.39 is 0 Å². The van der Waals surface area contributed by atoms with Crippen LogP contribution in [-0.4, -0.2) is 39.0 Å². The van der Waals surface area contributed by atoms with E-state index in [9.17, 15) is 0 Å². The molecule has 3 heteroatoms. The van der Waals surface area contributed by atoms with E-state index in [4.69, 9.17) is 9.47 Å². The average molecular weight is 185 g/mol. The Morgan fingerprint density at radius 2 is 2.38 bits per heavy atom. The first kappa shape index (κ1) is 10.7. The van der Waals surface area contributed by atoms with Crippen LogP contribution in [-0.2, 0) is 9.47 Å². The van der Waals surface area contributed by atoms with Gasteiger partial charge in [-0.2, -0.15) is 0 Å². The molecule has 0 aliphatic carbocycles. The van der Waals surface area contributed by atoms with Crippen LogP contribution in [0.5, 0.6) is 0 Å². The molecular formula is C10H19NO2. The zero-order chi connectivity index (χ0) is 9.36. The second-order valence-corrected chi connectivity index (χ2v) is 3.20. The number of rotatable bonds is 6. The first-order chi connectivity index (χ1) is 6.43. The van der Waals surface area contributed by atoms with E-state index in [1.54, 1.807) is 6.08 Å². The van der Waals surface area contributed by atoms with Gasteiger partial charge in [-0.15, -0.1) is 6.58 Å². The van der Waals surface area contributed by atoms with Crippen molar-refractivity contribution in [1.82, 2.24) is 5.32 Å². The van der Waals surface area contributed by atoms with Crippen molar-refractivity contribution in [2.24, 2.45) is 0 Å². The van der Waals surface area contributed by atoms with Crippen molar-refractivity contribution in [3.05, 3.63) is 12.7 Å². The van der Waals surface area contributed by atoms with Crippen LogP contribution < -0.4 is 5.32 Å². The van der Waals surface area contributed by atoms with Crippen molar-refractivity contribution in [2.45, 2.75) is 18.9 Å². The van der Waals surface area contributed by atoms with Gasteiger partial charge in [0.05, 0.1) is 25.9 Å². The lowest BCUT2D eigenvalue weighted by Gasteiger charge is -2.22. The van der Waals surface area contributed by atoms with Crippen molar-refractivity contribution >= 4 is 0 Å². The minimum Gasteiger partial charge on any atom is -0.375 e. The van der Waals surface area contributed by atoms with E-state index in [0.29, 0.717) is 25.9 Å². The van der Waals surface area contributed by atoms with Crippen molar-refractivity contribution < 1.29 is 9.47 Å². The molecule has 0 aromatic heterocycles. The molecular weight excluding hydrogens is 166 g/mol. The maximum atomic E-state index is 5.61. The Kier molecular flexibility index (Phi) is 5.81. The van der Waals surface area contributed by atoms with Gasteiger partial charge in [0.25, 0.3) is 0 Å². The van der Waals surface area contributed by atoms with Crippen LogP contribution in [0.2, 0.25) is 0 Å². The Morgan fingerprint density at radius 1 is 1.46 bits per heavy atom. The highest BCUT2D eigenvalue weighted by Crippen LogP contribution is 2.05. The standard InChI is InChI=1S/C10H19NO2/c1-2-6-12-7-8-13-10-4-3-5-11-9-10/h2,10-11H,1,3-9H2/t10-/m0/s1. The first-order valence-electron chi connectivity index (χ1n) is 4.94. The van der Waals surface area contributed by atoms with Crippen LogP contribution in [0.3, 0.4) is 0 Å². The summed E-state index contributed by atoms with van der Waals surface area (Å²) in [4.78, 5) is 0. The third kappa shape index (κ3) is 5.03. The quantitative estimate of drug-likeness (QED) is 0.494. The number of ether oxygens (including phenoxy) is 2. The molecule has 1 atom stereocenters. The largest absolute Gasteiger partial charge is 0.375 e. The summed E-state index contributed by atoms with van der Waals surface area (Å²) in [6.07, 6.45) is 4.54. The molecule has 0 unspecified atom stereocenters. The molecule has 76 valence electrons. The second kappa shape index (κ2) is 7.06. The second-order valence-electron chi connectivity index (χ2n) is 3.20. The lowest BCUT2D eigenvalue weighted by molar-refractivity contribution is 0.000738. The number of nitrogens with one attached hydrogen (secondary N) is 1. The summed E-state index contributed by atoms with van der Waals surface area (Å²) in [5, 5.41) is 3.30. The maximum Gasteiger partial charge on any atom is 0.0705 e. The number of hydrogen-bond acceptors (Lipinski definition) is 3. The average Bonchev–Trinajstić information content (AvgIpc) is 2.19. The molecule has 0 aromatic rings. The van der Waals surface area contributed by atoms with Gasteiger partial charge in [-0.25, -0.2) is 0 Å². The smallest absolute Gasteiger partial charge is 0.0705 e. The third-order valence-electron chi connectivity index (χ3n) is 2.07. The van der Waals surface area contributed by atoms with E-state index in [0.717, 1.165) is 13.1 Å². The van der Waals surface area contributed by atoms with Gasteiger partial charge in [0.15, 0.2) is 0 Å². The van der Waals surface area contributed by atoms with E-state index >= 15 is 0 Å². The third-order valence-corrected chi connectivity index (χ3v) is 2.07. The Hall–Kier alpha value is -0.380. The fraction of sp³-hybridized carbons (Fsp3) is 0.800. The maximum absolute atomic E-state index is 5.61. The summed E-state index contributed by atoms with van der Waals surface area (Å²) < 4.78 is 10.8. The van der Waals surface area contributed by atoms with Crippen LogP contribution in [0.15, 0.2) is 12.7 Å². The Labute approximate surface area is 80.1 Å².